The summed E-state index contributed by atoms with van der Waals surface area (Å²) >= 11 is 0. The molecule has 0 saturated heterocycles. The van der Waals surface area contributed by atoms with Crippen LogP contribution >= 0.6 is 0 Å². The molecule has 0 aliphatic heterocycles. The first kappa shape index (κ1) is 112. The molecule has 0 aromatic rings. The van der Waals surface area contributed by atoms with Gasteiger partial charge in [-0.15, -0.1) is 0 Å². The summed E-state index contributed by atoms with van der Waals surface area (Å²) in [5.41, 5.74) is 0. The van der Waals surface area contributed by atoms with Crippen molar-refractivity contribution < 1.29 is 143 Å². The zero-order chi connectivity index (χ0) is 0. The summed E-state index contributed by atoms with van der Waals surface area (Å²) < 4.78 is 0. The Kier molecular flexibility index (Phi) is 1170. The zero-order valence-corrected chi connectivity index (χ0v) is 18.5. The van der Waals surface area contributed by atoms with E-state index in [1.54, 1.807) is 0 Å². The predicted octanol–water partition coefficient (Wildman–Crippen LogP) is -18.0. The SMILES string of the molecule is [Br-].[Br-].[Br-].[Br-].[Br-].[Br-].[Lr+3].[Pr+3]. The molecule has 0 rings (SSSR count). The van der Waals surface area contributed by atoms with Crippen molar-refractivity contribution in [3.63, 3.8) is 0 Å². The molecule has 0 aromatic carbocycles. The average Bonchev–Trinajstić information content (AvgIpc) is 0. The molecule has 0 aromatic heterocycles. The Labute approximate surface area is 140 Å². The minimum Gasteiger partial charge on any atom is -1.00 e. The van der Waals surface area contributed by atoms with Crippen molar-refractivity contribution in [1.29, 1.82) is 0 Å². The summed E-state index contributed by atoms with van der Waals surface area (Å²) in [6.45, 7) is 0. The minimum atomic E-state index is 0. The summed E-state index contributed by atoms with van der Waals surface area (Å²) in [5.74, 6) is 0. The topological polar surface area (TPSA) is 0 Å². The van der Waals surface area contributed by atoms with Gasteiger partial charge in [0.1, 0.15) is 0 Å². The third-order valence-corrected chi connectivity index (χ3v) is 0. The van der Waals surface area contributed by atoms with E-state index in [9.17, 15) is 0 Å². The molecule has 0 fully saturated rings. The summed E-state index contributed by atoms with van der Waals surface area (Å²) in [4.78, 5) is 0. The van der Waals surface area contributed by atoms with Crippen LogP contribution in [-0.4, -0.2) is 0 Å². The van der Waals surface area contributed by atoms with E-state index in [1.807, 2.05) is 0 Å². The van der Waals surface area contributed by atoms with Gasteiger partial charge >= 0.3 is 41.3 Å². The van der Waals surface area contributed by atoms with Gasteiger partial charge in [-0.2, -0.15) is 0 Å². The van der Waals surface area contributed by atoms with E-state index < -0.39 is 0 Å². The van der Waals surface area contributed by atoms with Crippen molar-refractivity contribution in [2.24, 2.45) is 0 Å². The van der Waals surface area contributed by atoms with Crippen LogP contribution in [0.2, 0.25) is 0 Å². The molecule has 0 bridgehead atoms. The van der Waals surface area contributed by atoms with Crippen LogP contribution < -0.4 is 102 Å². The van der Waals surface area contributed by atoms with Crippen LogP contribution in [0.5, 0.6) is 0 Å². The Balaban J connectivity index is 0. The second-order valence-electron chi connectivity index (χ2n) is 0. The molecule has 8 heteroatoms. The largest absolute Gasteiger partial charge is 3.00 e. The fourth-order valence-corrected chi connectivity index (χ4v) is 0. The van der Waals surface area contributed by atoms with Crippen molar-refractivity contribution in [2.45, 2.75) is 0 Å². The summed E-state index contributed by atoms with van der Waals surface area (Å²) in [6.07, 6.45) is 0. The van der Waals surface area contributed by atoms with Crippen molar-refractivity contribution >= 4 is 0 Å². The Morgan fingerprint density at radius 3 is 0.375 bits per heavy atom. The molecule has 0 heterocycles. The Hall–Kier alpha value is 3.24. The molecule has 0 spiro atoms. The third kappa shape index (κ3) is 59.7. The molecule has 60 valence electrons. The van der Waals surface area contributed by atoms with E-state index in [0.717, 1.165) is 0 Å². The monoisotopic (exact) mass is 877 g/mol. The molecule has 0 unspecified atom stereocenters. The van der Waals surface area contributed by atoms with E-state index in [-0.39, 0.29) is 143 Å². The molecule has 0 aliphatic carbocycles. The van der Waals surface area contributed by atoms with Gasteiger partial charge in [0.05, 0.1) is 0 Å². The smallest absolute Gasteiger partial charge is 1.00 e. The van der Waals surface area contributed by atoms with Gasteiger partial charge in [-0.25, -0.2) is 0 Å². The first-order chi connectivity index (χ1) is 0. The van der Waals surface area contributed by atoms with Gasteiger partial charge < -0.3 is 102 Å². The van der Waals surface area contributed by atoms with Crippen molar-refractivity contribution in [3.05, 3.63) is 0 Å². The Bertz CT molecular complexity index is 8.49. The fraction of sp³-hybridized carbons (Fsp3) is 0. The average molecular weight is 882 g/mol. The van der Waals surface area contributed by atoms with E-state index in [4.69, 9.17) is 0 Å². The van der Waals surface area contributed by atoms with Crippen LogP contribution in [0.25, 0.3) is 0 Å². The van der Waals surface area contributed by atoms with Gasteiger partial charge in [0.15, 0.2) is 0 Å². The van der Waals surface area contributed by atoms with Crippen LogP contribution in [0.4, 0.5) is 0 Å². The molecular formula is Br6LrPr. The summed E-state index contributed by atoms with van der Waals surface area (Å²) in [5, 5.41) is 0. The molecule has 0 radical (unpaired) electrons. The predicted molar refractivity (Wildman–Crippen MR) is 0 cm³/mol. The second-order valence-corrected chi connectivity index (χ2v) is 0. The van der Waals surface area contributed by atoms with Crippen LogP contribution in [0.15, 0.2) is 0 Å². The van der Waals surface area contributed by atoms with Crippen LogP contribution in [0.3, 0.4) is 0 Å². The summed E-state index contributed by atoms with van der Waals surface area (Å²) in [6, 6.07) is 0. The van der Waals surface area contributed by atoms with E-state index >= 15 is 0 Å². The number of hydrogen-bond acceptors (Lipinski definition) is 0. The number of rotatable bonds is 0. The minimum absolute atomic E-state index is 0. The van der Waals surface area contributed by atoms with E-state index in [1.165, 1.54) is 0 Å². The first-order valence-electron chi connectivity index (χ1n) is 0. The Morgan fingerprint density at radius 1 is 0.375 bits per heavy atom. The maximum Gasteiger partial charge on any atom is 3.00 e. The van der Waals surface area contributed by atoms with E-state index in [2.05, 4.69) is 0 Å². The molecule has 0 aliphatic rings. The first-order valence-corrected chi connectivity index (χ1v) is 0. The van der Waals surface area contributed by atoms with Crippen LogP contribution in [0, 0.1) is 41.3 Å². The third-order valence-electron chi connectivity index (χ3n) is 0. The van der Waals surface area contributed by atoms with Gasteiger partial charge in [-0.1, -0.05) is 0 Å². The quantitative estimate of drug-likeness (QED) is 0.227. The molecule has 0 amide bonds. The summed E-state index contributed by atoms with van der Waals surface area (Å²) in [7, 11) is 0. The van der Waals surface area contributed by atoms with Crippen LogP contribution in [-0.2, 0) is 0 Å². The van der Waals surface area contributed by atoms with Crippen molar-refractivity contribution in [1.82, 2.24) is 0 Å². The van der Waals surface area contributed by atoms with Gasteiger partial charge in [-0.3, -0.25) is 0 Å². The molecular weight excluding hydrogens is 882 g/mol. The van der Waals surface area contributed by atoms with Gasteiger partial charge in [0.25, 0.3) is 0 Å². The number of hydrogen-bond donors (Lipinski definition) is 0. The fourth-order valence-electron chi connectivity index (χ4n) is 0. The van der Waals surface area contributed by atoms with Gasteiger partial charge in [0.2, 0.25) is 0 Å². The van der Waals surface area contributed by atoms with Gasteiger partial charge in [-0.05, 0) is 0 Å². The second kappa shape index (κ2) is 83.2. The van der Waals surface area contributed by atoms with Crippen molar-refractivity contribution in [2.75, 3.05) is 0 Å². The zero-order valence-electron chi connectivity index (χ0n) is 3.10. The molecule has 8 heavy (non-hydrogen) atoms. The molecule has 0 atom stereocenters. The van der Waals surface area contributed by atoms with Gasteiger partial charge in [0, 0.05) is 0 Å². The molecule has 0 nitrogen and oxygen atoms in total. The maximum atomic E-state index is 0. The van der Waals surface area contributed by atoms with E-state index in [0.29, 0.717) is 0 Å². The van der Waals surface area contributed by atoms with Crippen LogP contribution in [0.1, 0.15) is 0 Å². The standard InChI is InChI=1S/6BrH.Lr.Pr/h6*1H;;/q;;;;;;2*+3/p-6. The molecule has 0 N–H and O–H groups in total. The number of halogens is 6. The van der Waals surface area contributed by atoms with Crippen molar-refractivity contribution in [3.8, 4) is 0 Å². The Morgan fingerprint density at radius 2 is 0.375 bits per heavy atom. The maximum absolute atomic E-state index is 0. The normalized spacial score (nSPS) is 0. The molecule has 0 saturated carbocycles.